The molecule has 0 amide bonds. The van der Waals surface area contributed by atoms with Gasteiger partial charge in [0.1, 0.15) is 5.75 Å². The highest BCUT2D eigenvalue weighted by atomic mass is 32.1. The van der Waals surface area contributed by atoms with Gasteiger partial charge in [-0.2, -0.15) is 0 Å². The van der Waals surface area contributed by atoms with Gasteiger partial charge in [-0.3, -0.25) is 0 Å². The molecule has 0 spiro atoms. The Hall–Kier alpha value is -0.930. The number of rotatable bonds is 1. The molecule has 2 nitrogen and oxygen atoms in total. The average molecular weight is 316 g/mol. The first-order chi connectivity index (χ1) is 10.5. The number of aliphatic hydroxyl groups excluding tert-OH is 1. The van der Waals surface area contributed by atoms with E-state index in [4.69, 9.17) is 12.2 Å². The number of benzene rings is 1. The summed E-state index contributed by atoms with van der Waals surface area (Å²) in [4.78, 5) is 0. The number of thiocarbonyl (C=S) groups is 1. The Morgan fingerprint density at radius 2 is 2.14 bits per heavy atom. The maximum atomic E-state index is 10.5. The summed E-state index contributed by atoms with van der Waals surface area (Å²) in [6, 6.07) is 5.90. The largest absolute Gasteiger partial charge is 0.508 e. The van der Waals surface area contributed by atoms with Crippen LogP contribution < -0.4 is 0 Å². The Balaban J connectivity index is 1.74. The number of aryl methyl sites for hydroxylation is 1. The number of phenols is 1. The van der Waals surface area contributed by atoms with Crippen LogP contribution in [0.2, 0.25) is 0 Å². The molecule has 22 heavy (non-hydrogen) atoms. The third kappa shape index (κ3) is 1.98. The molecule has 0 radical (unpaired) electrons. The molecule has 3 heteroatoms. The lowest BCUT2D eigenvalue weighted by atomic mass is 9.54. The first-order valence-electron chi connectivity index (χ1n) is 8.48. The Bertz CT molecular complexity index is 613. The molecule has 0 bridgehead atoms. The highest BCUT2D eigenvalue weighted by Gasteiger charge is 2.56. The topological polar surface area (TPSA) is 40.5 Å². The smallest absolute Gasteiger partial charge is 0.115 e. The lowest BCUT2D eigenvalue weighted by Crippen LogP contribution is -2.42. The van der Waals surface area contributed by atoms with Gasteiger partial charge in [-0.25, -0.2) is 0 Å². The average Bonchev–Trinajstić information content (AvgIpc) is 2.76. The third-order valence-corrected chi connectivity index (χ3v) is 7.09. The quantitative estimate of drug-likeness (QED) is 0.774. The molecule has 2 fully saturated rings. The van der Waals surface area contributed by atoms with Crippen molar-refractivity contribution in [3.8, 4) is 5.75 Å². The molecule has 0 heterocycles. The fourth-order valence-electron chi connectivity index (χ4n) is 5.91. The van der Waals surface area contributed by atoms with Crippen molar-refractivity contribution in [2.24, 2.45) is 23.2 Å². The fourth-order valence-corrected chi connectivity index (χ4v) is 6.26. The van der Waals surface area contributed by atoms with Crippen molar-refractivity contribution in [2.75, 3.05) is 0 Å². The number of fused-ring (bicyclic) bond motifs is 5. The minimum Gasteiger partial charge on any atom is -0.508 e. The first kappa shape index (κ1) is 14.6. The number of phenolic OH excluding ortho intramolecular Hbond substituents is 1. The molecule has 1 aromatic rings. The van der Waals surface area contributed by atoms with Crippen LogP contribution >= 0.6 is 12.2 Å². The number of hydrogen-bond acceptors (Lipinski definition) is 3. The maximum Gasteiger partial charge on any atom is 0.115 e. The van der Waals surface area contributed by atoms with E-state index in [2.05, 4.69) is 13.0 Å². The number of hydrogen-bond donors (Lipinski definition) is 2. The van der Waals surface area contributed by atoms with E-state index in [9.17, 15) is 10.2 Å². The van der Waals surface area contributed by atoms with E-state index >= 15 is 0 Å². The highest BCUT2D eigenvalue weighted by molar-refractivity contribution is 7.79. The minimum atomic E-state index is -0.257. The zero-order chi connectivity index (χ0) is 15.5. The zero-order valence-corrected chi connectivity index (χ0v) is 13.9. The van der Waals surface area contributed by atoms with Crippen molar-refractivity contribution >= 4 is 17.6 Å². The second-order valence-electron chi connectivity index (χ2n) is 7.90. The summed E-state index contributed by atoms with van der Waals surface area (Å²) in [5, 5.41) is 22.1. The van der Waals surface area contributed by atoms with Crippen LogP contribution in [-0.4, -0.2) is 21.7 Å². The van der Waals surface area contributed by atoms with Gasteiger partial charge in [0.05, 0.1) is 6.10 Å². The van der Waals surface area contributed by atoms with E-state index in [1.807, 2.05) is 17.5 Å². The van der Waals surface area contributed by atoms with Crippen LogP contribution in [0.15, 0.2) is 18.2 Å². The van der Waals surface area contributed by atoms with Gasteiger partial charge in [-0.1, -0.05) is 25.2 Å². The Morgan fingerprint density at radius 3 is 2.91 bits per heavy atom. The van der Waals surface area contributed by atoms with Crippen molar-refractivity contribution in [1.82, 2.24) is 0 Å². The van der Waals surface area contributed by atoms with E-state index in [1.54, 1.807) is 0 Å². The first-order valence-corrected chi connectivity index (χ1v) is 8.96. The van der Waals surface area contributed by atoms with Crippen molar-refractivity contribution in [3.63, 3.8) is 0 Å². The summed E-state index contributed by atoms with van der Waals surface area (Å²) in [6.07, 6.45) is 5.22. The van der Waals surface area contributed by atoms with E-state index in [1.165, 1.54) is 24.0 Å². The number of aromatic hydroxyl groups is 1. The lowest BCUT2D eigenvalue weighted by Gasteiger charge is -2.50. The van der Waals surface area contributed by atoms with Crippen LogP contribution in [0.5, 0.6) is 5.75 Å². The molecule has 0 aromatic heterocycles. The number of aliphatic hydroxyl groups is 1. The molecule has 2 N–H and O–H groups in total. The highest BCUT2D eigenvalue weighted by Crippen LogP contribution is 2.62. The fraction of sp³-hybridized carbons (Fsp3) is 0.632. The van der Waals surface area contributed by atoms with E-state index in [0.717, 1.165) is 19.3 Å². The van der Waals surface area contributed by atoms with Gasteiger partial charge in [-0.05, 0) is 83.9 Å². The standard InChI is InChI=1S/C19H24O2S/c1-19-7-6-14-13-5-3-12(20)8-11(13)2-4-15(14)18(19)16(10-22)17(21)9-19/h3,5,8,10,14-18,20-21H,2,4,6-7,9H2,1H3/t14-,15-,16-,17-,18-,19-/m1/s1. The van der Waals surface area contributed by atoms with Crippen LogP contribution in [-0.2, 0) is 6.42 Å². The van der Waals surface area contributed by atoms with Gasteiger partial charge >= 0.3 is 0 Å². The van der Waals surface area contributed by atoms with Gasteiger partial charge < -0.3 is 10.2 Å². The van der Waals surface area contributed by atoms with Crippen molar-refractivity contribution in [3.05, 3.63) is 29.3 Å². The van der Waals surface area contributed by atoms with Gasteiger partial charge in [0.25, 0.3) is 0 Å². The van der Waals surface area contributed by atoms with Gasteiger partial charge in [0.2, 0.25) is 0 Å². The summed E-state index contributed by atoms with van der Waals surface area (Å²) in [5.41, 5.74) is 3.00. The maximum absolute atomic E-state index is 10.5. The van der Waals surface area contributed by atoms with Gasteiger partial charge in [0, 0.05) is 5.92 Å². The van der Waals surface area contributed by atoms with E-state index in [-0.39, 0.29) is 17.4 Å². The van der Waals surface area contributed by atoms with Crippen LogP contribution in [0.25, 0.3) is 0 Å². The predicted molar refractivity (Wildman–Crippen MR) is 91.3 cm³/mol. The SMILES string of the molecule is C[C@]12CC[C@@H]3c4ccc(O)cc4CC[C@H]3[C@@H]1[C@H](C=S)[C@H](O)C2. The predicted octanol–water partition coefficient (Wildman–Crippen LogP) is 3.84. The van der Waals surface area contributed by atoms with Crippen molar-refractivity contribution < 1.29 is 10.2 Å². The molecule has 6 atom stereocenters. The summed E-state index contributed by atoms with van der Waals surface area (Å²) in [5.74, 6) is 2.26. The second kappa shape index (κ2) is 5.04. The normalized spacial score (nSPS) is 43.1. The molecule has 4 rings (SSSR count). The van der Waals surface area contributed by atoms with E-state index in [0.29, 0.717) is 23.5 Å². The van der Waals surface area contributed by atoms with Crippen LogP contribution in [0.1, 0.15) is 49.7 Å². The monoisotopic (exact) mass is 316 g/mol. The molecule has 1 aromatic carbocycles. The second-order valence-corrected chi connectivity index (χ2v) is 8.17. The van der Waals surface area contributed by atoms with Crippen LogP contribution in [0.3, 0.4) is 0 Å². The molecule has 2 saturated carbocycles. The van der Waals surface area contributed by atoms with Crippen molar-refractivity contribution in [1.29, 1.82) is 0 Å². The summed E-state index contributed by atoms with van der Waals surface area (Å²) in [6.45, 7) is 2.36. The molecular weight excluding hydrogens is 292 g/mol. The Kier molecular flexibility index (Phi) is 3.35. The summed E-state index contributed by atoms with van der Waals surface area (Å²) >= 11 is 5.28. The molecule has 0 aliphatic heterocycles. The minimum absolute atomic E-state index is 0.173. The van der Waals surface area contributed by atoms with Crippen LogP contribution in [0.4, 0.5) is 0 Å². The van der Waals surface area contributed by atoms with Gasteiger partial charge in [0.15, 0.2) is 0 Å². The van der Waals surface area contributed by atoms with Crippen LogP contribution in [0, 0.1) is 23.2 Å². The van der Waals surface area contributed by atoms with Gasteiger partial charge in [-0.15, -0.1) is 0 Å². The van der Waals surface area contributed by atoms with Crippen molar-refractivity contribution in [2.45, 2.75) is 51.0 Å². The third-order valence-electron chi connectivity index (χ3n) is 6.77. The molecule has 118 valence electrons. The Labute approximate surface area is 137 Å². The molecule has 3 aliphatic carbocycles. The zero-order valence-electron chi connectivity index (χ0n) is 13.0. The molecule has 0 saturated heterocycles. The molecule has 3 aliphatic rings. The van der Waals surface area contributed by atoms with E-state index < -0.39 is 0 Å². The molecular formula is C19H24O2S. The summed E-state index contributed by atoms with van der Waals surface area (Å²) in [7, 11) is 0. The molecule has 0 unspecified atom stereocenters. The Morgan fingerprint density at radius 1 is 1.32 bits per heavy atom. The lowest BCUT2D eigenvalue weighted by molar-refractivity contribution is 0.0489. The summed E-state index contributed by atoms with van der Waals surface area (Å²) < 4.78 is 0.